The van der Waals surface area contributed by atoms with E-state index in [9.17, 15) is 14.7 Å². The van der Waals surface area contributed by atoms with Gasteiger partial charge in [0.1, 0.15) is 11.4 Å². The Balaban J connectivity index is 1.98. The molecule has 1 aliphatic heterocycles. The topological polar surface area (TPSA) is 57.6 Å². The molecule has 0 unspecified atom stereocenters. The van der Waals surface area contributed by atoms with Gasteiger partial charge in [0.15, 0.2) is 0 Å². The second-order valence-corrected chi connectivity index (χ2v) is 6.14. The molecule has 0 aliphatic carbocycles. The Morgan fingerprint density at radius 2 is 1.59 bits per heavy atom. The van der Waals surface area contributed by atoms with Gasteiger partial charge in [0.2, 0.25) is 0 Å². The molecule has 1 amide bonds. The summed E-state index contributed by atoms with van der Waals surface area (Å²) < 4.78 is 0. The molecule has 4 nitrogen and oxygen atoms in total. The van der Waals surface area contributed by atoms with E-state index in [2.05, 4.69) is 0 Å². The third-order valence-electron chi connectivity index (χ3n) is 3.63. The molecule has 1 N–H and O–H groups in total. The highest BCUT2D eigenvalue weighted by atomic mass is 32.2. The molecule has 22 heavy (non-hydrogen) atoms. The molecule has 2 atom stereocenters. The fourth-order valence-corrected chi connectivity index (χ4v) is 3.97. The van der Waals surface area contributed by atoms with Crippen LogP contribution in [0.2, 0.25) is 0 Å². The van der Waals surface area contributed by atoms with Gasteiger partial charge in [0.25, 0.3) is 5.91 Å². The largest absolute Gasteiger partial charge is 0.480 e. The van der Waals surface area contributed by atoms with E-state index in [-0.39, 0.29) is 11.3 Å². The van der Waals surface area contributed by atoms with Crippen LogP contribution in [-0.2, 0) is 4.79 Å². The molecule has 0 aromatic heterocycles. The van der Waals surface area contributed by atoms with E-state index in [1.165, 1.54) is 16.7 Å². The molecule has 2 aromatic rings. The van der Waals surface area contributed by atoms with Crippen molar-refractivity contribution in [2.45, 2.75) is 11.4 Å². The van der Waals surface area contributed by atoms with Crippen molar-refractivity contribution in [1.29, 1.82) is 0 Å². The van der Waals surface area contributed by atoms with E-state index in [0.29, 0.717) is 11.3 Å². The van der Waals surface area contributed by atoms with Gasteiger partial charge in [-0.05, 0) is 17.7 Å². The average molecular weight is 313 g/mol. The van der Waals surface area contributed by atoms with Crippen LogP contribution in [0.25, 0.3) is 0 Å². The number of carbonyl (C=O) groups is 2. The van der Waals surface area contributed by atoms with Crippen molar-refractivity contribution in [3.8, 4) is 0 Å². The quantitative estimate of drug-likeness (QED) is 0.946. The van der Waals surface area contributed by atoms with Gasteiger partial charge in [-0.2, -0.15) is 0 Å². The number of nitrogens with zero attached hydrogens (tertiary/aromatic N) is 1. The molecular formula is C17H15NO3S. The first-order valence-electron chi connectivity index (χ1n) is 6.95. The zero-order valence-electron chi connectivity index (χ0n) is 11.8. The van der Waals surface area contributed by atoms with E-state index in [4.69, 9.17) is 0 Å². The van der Waals surface area contributed by atoms with Crippen LogP contribution in [-0.4, -0.2) is 33.7 Å². The molecule has 1 saturated heterocycles. The van der Waals surface area contributed by atoms with Crippen molar-refractivity contribution >= 4 is 23.6 Å². The molecule has 0 radical (unpaired) electrons. The number of amides is 1. The van der Waals surface area contributed by atoms with Gasteiger partial charge in [0.05, 0.1) is 0 Å². The van der Waals surface area contributed by atoms with Gasteiger partial charge in [-0.25, -0.2) is 4.79 Å². The smallest absolute Gasteiger partial charge is 0.327 e. The monoisotopic (exact) mass is 313 g/mol. The van der Waals surface area contributed by atoms with Gasteiger partial charge in [-0.15, -0.1) is 11.8 Å². The standard InChI is InChI=1S/C17H15NO3S/c19-15(12-7-3-1-4-8-12)18-14(17(20)21)11-22-16(18)13-9-5-2-6-10-13/h1-10,14,16H,11H2,(H,20,21)/t14-,16+/m1/s1. The van der Waals surface area contributed by atoms with E-state index < -0.39 is 12.0 Å². The molecule has 2 aromatic carbocycles. The van der Waals surface area contributed by atoms with Crippen LogP contribution in [0.5, 0.6) is 0 Å². The van der Waals surface area contributed by atoms with Crippen LogP contribution in [0.1, 0.15) is 21.3 Å². The number of aliphatic carboxylic acids is 1. The van der Waals surface area contributed by atoms with Crippen molar-refractivity contribution in [2.24, 2.45) is 0 Å². The zero-order valence-corrected chi connectivity index (χ0v) is 12.6. The van der Waals surface area contributed by atoms with Crippen molar-refractivity contribution in [1.82, 2.24) is 4.90 Å². The highest BCUT2D eigenvalue weighted by molar-refractivity contribution is 7.99. The molecule has 112 valence electrons. The van der Waals surface area contributed by atoms with Crippen LogP contribution < -0.4 is 0 Å². The molecular weight excluding hydrogens is 298 g/mol. The molecule has 3 rings (SSSR count). The summed E-state index contributed by atoms with van der Waals surface area (Å²) >= 11 is 1.49. The molecule has 0 bridgehead atoms. The number of hydrogen-bond acceptors (Lipinski definition) is 3. The van der Waals surface area contributed by atoms with E-state index in [1.807, 2.05) is 36.4 Å². The first-order chi connectivity index (χ1) is 10.7. The first kappa shape index (κ1) is 14.7. The normalized spacial score (nSPS) is 20.8. The van der Waals surface area contributed by atoms with Gasteiger partial charge in [-0.3, -0.25) is 4.79 Å². The Morgan fingerprint density at radius 3 is 2.18 bits per heavy atom. The summed E-state index contributed by atoms with van der Waals surface area (Å²) in [4.78, 5) is 25.8. The minimum Gasteiger partial charge on any atom is -0.480 e. The van der Waals surface area contributed by atoms with E-state index in [1.54, 1.807) is 24.3 Å². The fraction of sp³-hybridized carbons (Fsp3) is 0.176. The Bertz CT molecular complexity index is 675. The second-order valence-electron chi connectivity index (χ2n) is 5.03. The SMILES string of the molecule is O=C(O)[C@H]1CS[C@@H](c2ccccc2)N1C(=O)c1ccccc1. The van der Waals surface area contributed by atoms with Crippen LogP contribution >= 0.6 is 11.8 Å². The first-order valence-corrected chi connectivity index (χ1v) is 8.00. The Hall–Kier alpha value is -2.27. The lowest BCUT2D eigenvalue weighted by atomic mass is 10.1. The third-order valence-corrected chi connectivity index (χ3v) is 4.95. The Morgan fingerprint density at radius 1 is 1.00 bits per heavy atom. The number of carboxylic acids is 1. The minimum atomic E-state index is -0.963. The van der Waals surface area contributed by atoms with Gasteiger partial charge >= 0.3 is 5.97 Å². The highest BCUT2D eigenvalue weighted by Crippen LogP contribution is 2.42. The summed E-state index contributed by atoms with van der Waals surface area (Å²) in [6.45, 7) is 0. The number of hydrogen-bond donors (Lipinski definition) is 1. The fourth-order valence-electron chi connectivity index (χ4n) is 2.55. The number of carbonyl (C=O) groups excluding carboxylic acids is 1. The van der Waals surface area contributed by atoms with Crippen molar-refractivity contribution in [2.75, 3.05) is 5.75 Å². The molecule has 1 heterocycles. The zero-order chi connectivity index (χ0) is 15.5. The lowest BCUT2D eigenvalue weighted by Crippen LogP contribution is -2.42. The summed E-state index contributed by atoms with van der Waals surface area (Å²) in [5.74, 6) is -0.810. The van der Waals surface area contributed by atoms with Gasteiger partial charge in [0, 0.05) is 11.3 Å². The maximum absolute atomic E-state index is 12.8. The lowest BCUT2D eigenvalue weighted by molar-refractivity contribution is -0.141. The van der Waals surface area contributed by atoms with Crippen molar-refractivity contribution < 1.29 is 14.7 Å². The van der Waals surface area contributed by atoms with E-state index in [0.717, 1.165) is 5.56 Å². The molecule has 5 heteroatoms. The van der Waals surface area contributed by atoms with Crippen LogP contribution in [0.3, 0.4) is 0 Å². The number of carboxylic acid groups (broad SMARTS) is 1. The number of rotatable bonds is 3. The number of benzene rings is 2. The summed E-state index contributed by atoms with van der Waals surface area (Å²) in [5.41, 5.74) is 1.46. The predicted molar refractivity (Wildman–Crippen MR) is 85.7 cm³/mol. The Labute approximate surface area is 132 Å². The van der Waals surface area contributed by atoms with Gasteiger partial charge in [-0.1, -0.05) is 48.5 Å². The van der Waals surface area contributed by atoms with Crippen LogP contribution in [0.4, 0.5) is 0 Å². The summed E-state index contributed by atoms with van der Waals surface area (Å²) in [6, 6.07) is 17.6. The minimum absolute atomic E-state index is 0.244. The maximum atomic E-state index is 12.8. The van der Waals surface area contributed by atoms with Gasteiger partial charge < -0.3 is 10.0 Å². The Kier molecular flexibility index (Phi) is 4.15. The van der Waals surface area contributed by atoms with Crippen molar-refractivity contribution in [3.63, 3.8) is 0 Å². The summed E-state index contributed by atoms with van der Waals surface area (Å²) in [7, 11) is 0. The summed E-state index contributed by atoms with van der Waals surface area (Å²) in [5, 5.41) is 9.17. The molecule has 0 spiro atoms. The van der Waals surface area contributed by atoms with E-state index >= 15 is 0 Å². The molecule has 1 aliphatic rings. The lowest BCUT2D eigenvalue weighted by Gasteiger charge is -2.27. The molecule has 0 saturated carbocycles. The second kappa shape index (κ2) is 6.23. The van der Waals surface area contributed by atoms with Crippen molar-refractivity contribution in [3.05, 3.63) is 71.8 Å². The van der Waals surface area contributed by atoms with Crippen LogP contribution in [0, 0.1) is 0 Å². The summed E-state index contributed by atoms with van der Waals surface area (Å²) in [6.07, 6.45) is 0. The predicted octanol–water partition coefficient (Wildman–Crippen LogP) is 3.03. The molecule has 1 fully saturated rings. The maximum Gasteiger partial charge on any atom is 0.327 e. The highest BCUT2D eigenvalue weighted by Gasteiger charge is 2.42. The number of thioether (sulfide) groups is 1. The third kappa shape index (κ3) is 2.72. The average Bonchev–Trinajstić information content (AvgIpc) is 3.01. The van der Waals surface area contributed by atoms with Crippen LogP contribution in [0.15, 0.2) is 60.7 Å².